The van der Waals surface area contributed by atoms with Gasteiger partial charge < -0.3 is 18.3 Å². The molecule has 0 saturated heterocycles. The molecule has 0 saturated carbocycles. The quantitative estimate of drug-likeness (QED) is 0.226. The summed E-state index contributed by atoms with van der Waals surface area (Å²) < 4.78 is 22.3. The lowest BCUT2D eigenvalue weighted by atomic mass is 10.4. The molecule has 6 nitrogen and oxygen atoms in total. The SMILES string of the molecule is C=C(C)C(=O)OCCO[Si](OCCOC(=O)C(=C)C)(C(C)C)C(C)C. The summed E-state index contributed by atoms with van der Waals surface area (Å²) in [7, 11) is -2.58. The van der Waals surface area contributed by atoms with Gasteiger partial charge in [-0.2, -0.15) is 0 Å². The molecule has 0 rings (SSSR count). The summed E-state index contributed by atoms with van der Waals surface area (Å²) in [5.41, 5.74) is 1.07. The lowest BCUT2D eigenvalue weighted by molar-refractivity contribution is -0.140. The molecule has 0 aromatic rings. The van der Waals surface area contributed by atoms with Gasteiger partial charge in [-0.1, -0.05) is 40.9 Å². The fourth-order valence-corrected chi connectivity index (χ4v) is 5.85. The second-order valence-corrected chi connectivity index (χ2v) is 10.9. The highest BCUT2D eigenvalue weighted by atomic mass is 28.4. The van der Waals surface area contributed by atoms with E-state index in [4.69, 9.17) is 18.3 Å². The third-order valence-electron chi connectivity index (χ3n) is 3.59. The first kappa shape index (κ1) is 23.6. The third kappa shape index (κ3) is 7.98. The molecule has 0 bridgehead atoms. The highest BCUT2D eigenvalue weighted by Crippen LogP contribution is 2.34. The van der Waals surface area contributed by atoms with E-state index in [1.807, 2.05) is 27.7 Å². The van der Waals surface area contributed by atoms with Gasteiger partial charge in [0, 0.05) is 11.1 Å². The van der Waals surface area contributed by atoms with E-state index in [-0.39, 0.29) is 37.5 Å². The Morgan fingerprint density at radius 2 is 1.08 bits per heavy atom. The molecule has 0 amide bonds. The number of carbonyl (C=O) groups excluding carboxylic acids is 2. The minimum absolute atomic E-state index is 0.147. The average Bonchev–Trinajstić information content (AvgIpc) is 2.51. The zero-order chi connectivity index (χ0) is 19.6. The first-order valence-corrected chi connectivity index (χ1v) is 10.4. The number of carbonyl (C=O) groups is 2. The van der Waals surface area contributed by atoms with Gasteiger partial charge in [0.15, 0.2) is 0 Å². The normalized spacial score (nSPS) is 11.5. The zero-order valence-electron chi connectivity index (χ0n) is 16.3. The van der Waals surface area contributed by atoms with Gasteiger partial charge in [-0.15, -0.1) is 0 Å². The predicted octanol–water partition coefficient (Wildman–Crippen LogP) is 3.52. The van der Waals surface area contributed by atoms with Gasteiger partial charge in [0.2, 0.25) is 0 Å². The van der Waals surface area contributed by atoms with Crippen LogP contribution in [-0.2, 0) is 27.9 Å². The summed E-state index contributed by atoms with van der Waals surface area (Å²) in [6, 6.07) is 0. The van der Waals surface area contributed by atoms with Crippen LogP contribution in [0.3, 0.4) is 0 Å². The van der Waals surface area contributed by atoms with Crippen LogP contribution in [0.25, 0.3) is 0 Å². The molecule has 7 heteroatoms. The second-order valence-electron chi connectivity index (χ2n) is 6.56. The molecule has 0 heterocycles. The molecular weight excluding hydrogens is 340 g/mol. The molecule has 0 fully saturated rings. The summed E-state index contributed by atoms with van der Waals surface area (Å²) in [4.78, 5) is 22.8. The maximum Gasteiger partial charge on any atom is 0.343 e. The predicted molar refractivity (Wildman–Crippen MR) is 99.4 cm³/mol. The number of esters is 2. The Morgan fingerprint density at radius 1 is 0.760 bits per heavy atom. The van der Waals surface area contributed by atoms with Crippen LogP contribution in [0.15, 0.2) is 24.3 Å². The van der Waals surface area contributed by atoms with E-state index in [1.165, 1.54) is 0 Å². The topological polar surface area (TPSA) is 71.1 Å². The Hall–Kier alpha value is -1.44. The Labute approximate surface area is 152 Å². The monoisotopic (exact) mass is 372 g/mol. The number of ether oxygens (including phenoxy) is 2. The minimum Gasteiger partial charge on any atom is -0.460 e. The van der Waals surface area contributed by atoms with Crippen LogP contribution in [-0.4, -0.2) is 46.9 Å². The van der Waals surface area contributed by atoms with Crippen LogP contribution < -0.4 is 0 Å². The van der Waals surface area contributed by atoms with Gasteiger partial charge >= 0.3 is 20.5 Å². The Kier molecular flexibility index (Phi) is 10.6. The fraction of sp³-hybridized carbons (Fsp3) is 0.667. The molecule has 0 spiro atoms. The first-order chi connectivity index (χ1) is 11.5. The molecule has 0 atom stereocenters. The molecule has 0 unspecified atom stereocenters. The number of hydrogen-bond acceptors (Lipinski definition) is 6. The molecule has 0 aromatic heterocycles. The molecule has 0 aromatic carbocycles. The summed E-state index contributed by atoms with van der Waals surface area (Å²) in [5, 5.41) is 0. The third-order valence-corrected chi connectivity index (χ3v) is 8.12. The summed E-state index contributed by atoms with van der Waals surface area (Å²) >= 11 is 0. The molecule has 0 aliphatic heterocycles. The van der Waals surface area contributed by atoms with Crippen molar-refractivity contribution in [1.29, 1.82) is 0 Å². The second kappa shape index (κ2) is 11.2. The van der Waals surface area contributed by atoms with Crippen molar-refractivity contribution in [3.8, 4) is 0 Å². The summed E-state index contributed by atoms with van der Waals surface area (Å²) in [6.45, 7) is 19.3. The maximum atomic E-state index is 11.4. The van der Waals surface area contributed by atoms with E-state index in [2.05, 4.69) is 13.2 Å². The number of hydrogen-bond donors (Lipinski definition) is 0. The lowest BCUT2D eigenvalue weighted by Gasteiger charge is -2.37. The van der Waals surface area contributed by atoms with Gasteiger partial charge in [0.25, 0.3) is 0 Å². The zero-order valence-corrected chi connectivity index (χ0v) is 17.3. The lowest BCUT2D eigenvalue weighted by Crippen LogP contribution is -2.49. The van der Waals surface area contributed by atoms with Gasteiger partial charge in [-0.3, -0.25) is 0 Å². The van der Waals surface area contributed by atoms with E-state index < -0.39 is 20.5 Å². The Bertz CT molecular complexity index is 440. The smallest absolute Gasteiger partial charge is 0.343 e. The highest BCUT2D eigenvalue weighted by molar-refractivity contribution is 6.70. The summed E-state index contributed by atoms with van der Waals surface area (Å²) in [5.74, 6) is -0.866. The molecule has 0 N–H and O–H groups in total. The van der Waals surface area contributed by atoms with Crippen molar-refractivity contribution in [2.45, 2.75) is 52.6 Å². The van der Waals surface area contributed by atoms with Gasteiger partial charge in [0.05, 0.1) is 13.2 Å². The van der Waals surface area contributed by atoms with Crippen molar-refractivity contribution >= 4 is 20.5 Å². The van der Waals surface area contributed by atoms with Crippen LogP contribution in [0, 0.1) is 0 Å². The van der Waals surface area contributed by atoms with Crippen LogP contribution in [0.5, 0.6) is 0 Å². The van der Waals surface area contributed by atoms with Gasteiger partial charge in [-0.05, 0) is 24.9 Å². The first-order valence-electron chi connectivity index (χ1n) is 8.47. The van der Waals surface area contributed by atoms with Crippen LogP contribution in [0.1, 0.15) is 41.5 Å². The maximum absolute atomic E-state index is 11.4. The average molecular weight is 373 g/mol. The Balaban J connectivity index is 4.63. The molecule has 0 aliphatic rings. The van der Waals surface area contributed by atoms with E-state index in [0.717, 1.165) is 0 Å². The van der Waals surface area contributed by atoms with Gasteiger partial charge in [-0.25, -0.2) is 9.59 Å². The van der Waals surface area contributed by atoms with Crippen LogP contribution >= 0.6 is 0 Å². The molecule has 0 aliphatic carbocycles. The minimum atomic E-state index is -2.58. The molecule has 0 radical (unpaired) electrons. The van der Waals surface area contributed by atoms with Crippen molar-refractivity contribution in [3.05, 3.63) is 24.3 Å². The van der Waals surface area contributed by atoms with Crippen molar-refractivity contribution in [2.75, 3.05) is 26.4 Å². The highest BCUT2D eigenvalue weighted by Gasteiger charge is 2.45. The fourth-order valence-electron chi connectivity index (χ4n) is 2.29. The van der Waals surface area contributed by atoms with Crippen LogP contribution in [0.4, 0.5) is 0 Å². The van der Waals surface area contributed by atoms with E-state index in [9.17, 15) is 9.59 Å². The molecule has 25 heavy (non-hydrogen) atoms. The largest absolute Gasteiger partial charge is 0.460 e. The van der Waals surface area contributed by atoms with E-state index >= 15 is 0 Å². The Morgan fingerprint density at radius 3 is 1.32 bits per heavy atom. The van der Waals surface area contributed by atoms with Crippen molar-refractivity contribution in [2.24, 2.45) is 0 Å². The van der Waals surface area contributed by atoms with Crippen molar-refractivity contribution in [3.63, 3.8) is 0 Å². The van der Waals surface area contributed by atoms with Crippen molar-refractivity contribution < 1.29 is 27.9 Å². The molecule has 144 valence electrons. The number of rotatable bonds is 12. The van der Waals surface area contributed by atoms with Gasteiger partial charge in [0.1, 0.15) is 13.2 Å². The van der Waals surface area contributed by atoms with E-state index in [1.54, 1.807) is 13.8 Å². The summed E-state index contributed by atoms with van der Waals surface area (Å²) in [6.07, 6.45) is 0. The van der Waals surface area contributed by atoms with Crippen molar-refractivity contribution in [1.82, 2.24) is 0 Å². The van der Waals surface area contributed by atoms with E-state index in [0.29, 0.717) is 11.1 Å². The standard InChI is InChI=1S/C18H32O6Si/c1-13(2)17(19)21-9-11-23-25(15(5)6,16(7)8)24-12-10-22-18(20)14(3)4/h15-16H,1,3,9-12H2,2,4-8H3. The molecular formula is C18H32O6Si. The van der Waals surface area contributed by atoms with Crippen LogP contribution in [0.2, 0.25) is 11.1 Å².